The number of halogens is 1. The highest BCUT2D eigenvalue weighted by molar-refractivity contribution is 6.30. The maximum absolute atomic E-state index is 12.6. The van der Waals surface area contributed by atoms with Crippen molar-refractivity contribution in [3.8, 4) is 5.75 Å². The first-order valence-electron chi connectivity index (χ1n) is 8.55. The molecular weight excluding hydrogens is 336 g/mol. The van der Waals surface area contributed by atoms with Gasteiger partial charge in [-0.15, -0.1) is 0 Å². The average Bonchev–Trinajstić information content (AvgIpc) is 2.61. The van der Waals surface area contributed by atoms with Crippen molar-refractivity contribution in [3.63, 3.8) is 0 Å². The van der Waals surface area contributed by atoms with Crippen LogP contribution in [0.4, 0.5) is 5.69 Å². The number of ether oxygens (including phenoxy) is 1. The van der Waals surface area contributed by atoms with Gasteiger partial charge < -0.3 is 14.5 Å². The average molecular weight is 359 g/mol. The normalized spacial score (nSPS) is 15.8. The molecule has 2 aromatic rings. The fourth-order valence-electron chi connectivity index (χ4n) is 3.06. The Hall–Kier alpha value is -2.20. The number of amides is 1. The van der Waals surface area contributed by atoms with Crippen LogP contribution in [0.25, 0.3) is 0 Å². The molecule has 2 aromatic carbocycles. The molecule has 0 aromatic heterocycles. The summed E-state index contributed by atoms with van der Waals surface area (Å²) in [7, 11) is 0. The van der Waals surface area contributed by atoms with Gasteiger partial charge >= 0.3 is 0 Å². The minimum absolute atomic E-state index is 0.0345. The number of carbonyl (C=O) groups is 1. The third-order valence-electron chi connectivity index (χ3n) is 4.41. The van der Waals surface area contributed by atoms with Gasteiger partial charge in [0.1, 0.15) is 5.75 Å². The zero-order valence-corrected chi connectivity index (χ0v) is 15.4. The third kappa shape index (κ3) is 4.45. The molecule has 5 heteroatoms. The number of benzene rings is 2. The fraction of sp³-hybridized carbons (Fsp3) is 0.350. The summed E-state index contributed by atoms with van der Waals surface area (Å²) in [5.74, 6) is 0.769. The summed E-state index contributed by atoms with van der Waals surface area (Å²) in [5.41, 5.74) is 2.22. The van der Waals surface area contributed by atoms with Gasteiger partial charge in [0, 0.05) is 36.9 Å². The summed E-state index contributed by atoms with van der Waals surface area (Å²) in [5, 5.41) is 0.733. The second-order valence-corrected chi connectivity index (χ2v) is 6.81. The Kier molecular flexibility index (Phi) is 5.49. The van der Waals surface area contributed by atoms with Gasteiger partial charge in [-0.05, 0) is 49.7 Å². The SMILES string of the molecule is Cc1cccc(O[C@@H](C)C(=O)N2CCN(c3cccc(Cl)c3)CC2)c1. The summed E-state index contributed by atoms with van der Waals surface area (Å²) in [4.78, 5) is 16.8. The van der Waals surface area contributed by atoms with Crippen molar-refractivity contribution < 1.29 is 9.53 Å². The van der Waals surface area contributed by atoms with Gasteiger partial charge in [0.05, 0.1) is 0 Å². The Morgan fingerprint density at radius 2 is 1.80 bits per heavy atom. The maximum atomic E-state index is 12.6. The smallest absolute Gasteiger partial charge is 0.263 e. The van der Waals surface area contributed by atoms with Crippen LogP contribution in [-0.2, 0) is 4.79 Å². The summed E-state index contributed by atoms with van der Waals surface area (Å²) < 4.78 is 5.82. The van der Waals surface area contributed by atoms with Crippen LogP contribution in [0.3, 0.4) is 0 Å². The molecule has 1 atom stereocenters. The van der Waals surface area contributed by atoms with E-state index in [1.807, 2.05) is 67.3 Å². The fourth-order valence-corrected chi connectivity index (χ4v) is 3.24. The summed E-state index contributed by atoms with van der Waals surface area (Å²) >= 11 is 6.07. The molecule has 132 valence electrons. The van der Waals surface area contributed by atoms with E-state index in [1.54, 1.807) is 0 Å². The highest BCUT2D eigenvalue weighted by Crippen LogP contribution is 2.21. The van der Waals surface area contributed by atoms with E-state index in [0.717, 1.165) is 35.1 Å². The van der Waals surface area contributed by atoms with Crippen LogP contribution in [0.5, 0.6) is 5.75 Å². The van der Waals surface area contributed by atoms with Gasteiger partial charge in [-0.2, -0.15) is 0 Å². The molecule has 0 N–H and O–H groups in total. The standard InChI is InChI=1S/C20H23ClN2O2/c1-15-5-3-8-19(13-15)25-16(2)20(24)23-11-9-22(10-12-23)18-7-4-6-17(21)14-18/h3-8,13-14,16H,9-12H2,1-2H3/t16-/m0/s1. The van der Waals surface area contributed by atoms with E-state index < -0.39 is 6.10 Å². The summed E-state index contributed by atoms with van der Waals surface area (Å²) in [6, 6.07) is 15.6. The molecule has 3 rings (SSSR count). The number of nitrogens with zero attached hydrogens (tertiary/aromatic N) is 2. The van der Waals surface area contributed by atoms with Crippen molar-refractivity contribution in [3.05, 3.63) is 59.1 Å². The van der Waals surface area contributed by atoms with E-state index in [2.05, 4.69) is 4.90 Å². The lowest BCUT2D eigenvalue weighted by atomic mass is 10.2. The van der Waals surface area contributed by atoms with Gasteiger partial charge in [0.15, 0.2) is 6.10 Å². The van der Waals surface area contributed by atoms with Crippen molar-refractivity contribution in [2.75, 3.05) is 31.1 Å². The molecule has 1 amide bonds. The Labute approximate surface area is 154 Å². The Morgan fingerprint density at radius 3 is 2.48 bits per heavy atom. The molecule has 0 saturated carbocycles. The number of rotatable bonds is 4. The molecule has 0 bridgehead atoms. The van der Waals surface area contributed by atoms with Gasteiger partial charge in [-0.3, -0.25) is 4.79 Å². The number of anilines is 1. The monoisotopic (exact) mass is 358 g/mol. The van der Waals surface area contributed by atoms with Gasteiger partial charge in [0.25, 0.3) is 5.91 Å². The second kappa shape index (κ2) is 7.79. The van der Waals surface area contributed by atoms with Gasteiger partial charge in [-0.25, -0.2) is 0 Å². The molecule has 0 aliphatic carbocycles. The first-order valence-corrected chi connectivity index (χ1v) is 8.93. The topological polar surface area (TPSA) is 32.8 Å². The van der Waals surface area contributed by atoms with Crippen molar-refractivity contribution in [2.24, 2.45) is 0 Å². The van der Waals surface area contributed by atoms with E-state index in [-0.39, 0.29) is 5.91 Å². The first-order chi connectivity index (χ1) is 12.0. The van der Waals surface area contributed by atoms with E-state index in [4.69, 9.17) is 16.3 Å². The molecule has 4 nitrogen and oxygen atoms in total. The third-order valence-corrected chi connectivity index (χ3v) is 4.65. The largest absolute Gasteiger partial charge is 0.481 e. The molecule has 1 saturated heterocycles. The molecule has 0 spiro atoms. The number of piperazine rings is 1. The van der Waals surface area contributed by atoms with Crippen LogP contribution < -0.4 is 9.64 Å². The second-order valence-electron chi connectivity index (χ2n) is 6.37. The highest BCUT2D eigenvalue weighted by atomic mass is 35.5. The van der Waals surface area contributed by atoms with Crippen LogP contribution in [-0.4, -0.2) is 43.1 Å². The summed E-state index contributed by atoms with van der Waals surface area (Å²) in [6.07, 6.45) is -0.487. The van der Waals surface area contributed by atoms with E-state index in [0.29, 0.717) is 13.1 Å². The van der Waals surface area contributed by atoms with Crippen molar-refractivity contribution in [1.29, 1.82) is 0 Å². The lowest BCUT2D eigenvalue weighted by Gasteiger charge is -2.37. The molecule has 1 fully saturated rings. The van der Waals surface area contributed by atoms with Gasteiger partial charge in [-0.1, -0.05) is 29.8 Å². The number of hydrogen-bond donors (Lipinski definition) is 0. The molecule has 0 radical (unpaired) electrons. The molecule has 1 aliphatic rings. The predicted molar refractivity (Wildman–Crippen MR) is 102 cm³/mol. The van der Waals surface area contributed by atoms with Crippen LogP contribution in [0.2, 0.25) is 5.02 Å². The van der Waals surface area contributed by atoms with Crippen molar-refractivity contribution in [2.45, 2.75) is 20.0 Å². The van der Waals surface area contributed by atoms with E-state index in [1.165, 1.54) is 0 Å². The van der Waals surface area contributed by atoms with E-state index >= 15 is 0 Å². The minimum atomic E-state index is -0.487. The lowest BCUT2D eigenvalue weighted by molar-refractivity contribution is -0.138. The zero-order valence-electron chi connectivity index (χ0n) is 14.6. The predicted octanol–water partition coefficient (Wildman–Crippen LogP) is 3.76. The lowest BCUT2D eigenvalue weighted by Crippen LogP contribution is -2.52. The Morgan fingerprint density at radius 1 is 1.08 bits per heavy atom. The number of carbonyl (C=O) groups excluding carboxylic acids is 1. The number of hydrogen-bond acceptors (Lipinski definition) is 3. The van der Waals surface area contributed by atoms with Crippen LogP contribution in [0.15, 0.2) is 48.5 Å². The van der Waals surface area contributed by atoms with Crippen LogP contribution in [0, 0.1) is 6.92 Å². The Bertz CT molecular complexity index is 742. The minimum Gasteiger partial charge on any atom is -0.481 e. The van der Waals surface area contributed by atoms with E-state index in [9.17, 15) is 4.79 Å². The molecule has 1 heterocycles. The van der Waals surface area contributed by atoms with Crippen LogP contribution in [0.1, 0.15) is 12.5 Å². The summed E-state index contributed by atoms with van der Waals surface area (Å²) in [6.45, 7) is 6.79. The quantitative estimate of drug-likeness (QED) is 0.834. The molecular formula is C20H23ClN2O2. The number of aryl methyl sites for hydroxylation is 1. The van der Waals surface area contributed by atoms with Crippen molar-refractivity contribution in [1.82, 2.24) is 4.90 Å². The first kappa shape index (κ1) is 17.6. The molecule has 25 heavy (non-hydrogen) atoms. The highest BCUT2D eigenvalue weighted by Gasteiger charge is 2.26. The van der Waals surface area contributed by atoms with Crippen LogP contribution >= 0.6 is 11.6 Å². The molecule has 0 unspecified atom stereocenters. The maximum Gasteiger partial charge on any atom is 0.263 e. The zero-order chi connectivity index (χ0) is 17.8. The van der Waals surface area contributed by atoms with Crippen molar-refractivity contribution >= 4 is 23.2 Å². The Balaban J connectivity index is 1.56. The van der Waals surface area contributed by atoms with Gasteiger partial charge in [0.2, 0.25) is 0 Å². The molecule has 1 aliphatic heterocycles.